The van der Waals surface area contributed by atoms with Crippen LogP contribution in [0.25, 0.3) is 0 Å². The van der Waals surface area contributed by atoms with Crippen LogP contribution in [0.1, 0.15) is 22.5 Å². The molecular formula is C40H34Cl6F2N6O4S4. The Hall–Kier alpha value is -2.84. The molecule has 2 aliphatic heterocycles. The molecular weight excluding hydrogens is 1010 g/mol. The van der Waals surface area contributed by atoms with Crippen LogP contribution in [0.2, 0.25) is 30.1 Å². The Kier molecular flexibility index (Phi) is 15.3. The van der Waals surface area contributed by atoms with Gasteiger partial charge in [0.15, 0.2) is 10.3 Å². The second kappa shape index (κ2) is 20.1. The summed E-state index contributed by atoms with van der Waals surface area (Å²) in [6.07, 6.45) is 1.01. The van der Waals surface area contributed by atoms with Gasteiger partial charge in [-0.2, -0.15) is 8.61 Å². The van der Waals surface area contributed by atoms with Crippen molar-refractivity contribution in [1.29, 1.82) is 0 Å². The van der Waals surface area contributed by atoms with Gasteiger partial charge in [0, 0.05) is 81.0 Å². The summed E-state index contributed by atoms with van der Waals surface area (Å²) in [5, 5.41) is 6.41. The third-order valence-electron chi connectivity index (χ3n) is 9.84. The van der Waals surface area contributed by atoms with E-state index < -0.39 is 25.9 Å². The van der Waals surface area contributed by atoms with Gasteiger partial charge in [0.1, 0.15) is 21.4 Å². The molecule has 2 aromatic heterocycles. The van der Waals surface area contributed by atoms with Gasteiger partial charge in [0.25, 0.3) is 0 Å². The molecule has 8 rings (SSSR count). The van der Waals surface area contributed by atoms with E-state index in [4.69, 9.17) is 69.6 Å². The summed E-state index contributed by atoms with van der Waals surface area (Å²) in [7, 11) is -7.47. The van der Waals surface area contributed by atoms with Gasteiger partial charge in [-0.1, -0.05) is 87.8 Å². The monoisotopic (exact) mass is 1040 g/mol. The molecule has 2 saturated heterocycles. The number of aromatic nitrogens is 2. The average molecular weight is 1040 g/mol. The van der Waals surface area contributed by atoms with Crippen molar-refractivity contribution in [2.24, 2.45) is 0 Å². The first-order chi connectivity index (χ1) is 29.5. The molecule has 0 saturated carbocycles. The molecule has 0 spiro atoms. The van der Waals surface area contributed by atoms with Gasteiger partial charge in [0.2, 0.25) is 20.0 Å². The van der Waals surface area contributed by atoms with Crippen LogP contribution in [0.15, 0.2) is 93.3 Å². The minimum absolute atomic E-state index is 0.0143. The smallest absolute Gasteiger partial charge is 0.244 e. The van der Waals surface area contributed by atoms with Crippen LogP contribution in [0.4, 0.5) is 19.0 Å². The fraction of sp³-hybridized carbons (Fsp3) is 0.250. The summed E-state index contributed by atoms with van der Waals surface area (Å²) in [6.45, 7) is 3.24. The van der Waals surface area contributed by atoms with E-state index in [9.17, 15) is 25.6 Å². The minimum atomic E-state index is -3.74. The molecule has 0 atom stereocenters. The minimum Gasteiger partial charge on any atom is -0.345 e. The van der Waals surface area contributed by atoms with Gasteiger partial charge >= 0.3 is 0 Å². The van der Waals surface area contributed by atoms with E-state index >= 15 is 0 Å². The quantitative estimate of drug-likeness (QED) is 0.134. The first kappa shape index (κ1) is 47.1. The van der Waals surface area contributed by atoms with Gasteiger partial charge in [-0.25, -0.2) is 35.6 Å². The largest absolute Gasteiger partial charge is 0.345 e. The fourth-order valence-electron chi connectivity index (χ4n) is 6.71. The maximum absolute atomic E-state index is 13.5. The van der Waals surface area contributed by atoms with Crippen LogP contribution in [0.3, 0.4) is 0 Å². The third kappa shape index (κ3) is 11.0. The first-order valence-corrected chi connectivity index (χ1v) is 25.6. The zero-order valence-corrected chi connectivity index (χ0v) is 39.9. The SMILES string of the molecule is O=S(=O)(c1cccc(Cl)c1Cl)N1CCN(c2nc(Cc3cc(F)cc(Cl)c3)cs2)CC1.O=S(=O)(c1cccc(Cl)c1Cl)N1CCN(c2nc(Cc3ccc(F)c(Cl)c3)cs2)CC1. The van der Waals surface area contributed by atoms with Crippen molar-refractivity contribution in [3.05, 3.63) is 148 Å². The highest BCUT2D eigenvalue weighted by Crippen LogP contribution is 2.34. The number of hydrogen-bond acceptors (Lipinski definition) is 10. The fourth-order valence-corrected chi connectivity index (χ4v) is 13.2. The maximum atomic E-state index is 13.5. The Balaban J connectivity index is 0.000000186. The molecule has 22 heteroatoms. The lowest BCUT2D eigenvalue weighted by atomic mass is 10.1. The molecule has 62 heavy (non-hydrogen) atoms. The van der Waals surface area contributed by atoms with Gasteiger partial charge in [0.05, 0.1) is 36.5 Å². The highest BCUT2D eigenvalue weighted by atomic mass is 35.5. The molecule has 10 nitrogen and oxygen atoms in total. The van der Waals surface area contributed by atoms with E-state index in [0.717, 1.165) is 32.8 Å². The van der Waals surface area contributed by atoms with E-state index in [1.165, 1.54) is 61.6 Å². The zero-order valence-electron chi connectivity index (χ0n) is 32.1. The molecule has 4 heterocycles. The molecule has 6 aromatic rings. The average Bonchev–Trinajstić information content (AvgIpc) is 3.91. The summed E-state index contributed by atoms with van der Waals surface area (Å²) < 4.78 is 81.6. The van der Waals surface area contributed by atoms with E-state index in [1.807, 2.05) is 15.7 Å². The molecule has 328 valence electrons. The number of piperazine rings is 2. The zero-order chi connectivity index (χ0) is 44.3. The highest BCUT2D eigenvalue weighted by molar-refractivity contribution is 7.89. The number of sulfonamides is 2. The standard InChI is InChI=1S/2C20H17Cl3FN3O2S2/c21-14-8-13(9-15(24)11-14)10-16-12-30-20(25-16)26-4-6-27(7-5-26)31(28,29)18-3-1-2-17(22)19(18)23;21-15-2-1-3-18(19(15)23)31(28,29)27-8-6-26(7-9-27)20-25-14(12-30-20)10-13-4-5-17(24)16(22)11-13/h1-3,8-9,11-12H,4-7,10H2;1-5,11-12H,6-10H2. The first-order valence-electron chi connectivity index (χ1n) is 18.7. The number of hydrogen-bond donors (Lipinski definition) is 0. The summed E-state index contributed by atoms with van der Waals surface area (Å²) in [6, 6.07) is 18.2. The number of benzene rings is 4. The van der Waals surface area contributed by atoms with Crippen LogP contribution in [-0.4, -0.2) is 87.8 Å². The van der Waals surface area contributed by atoms with Gasteiger partial charge in [-0.05, 0) is 65.7 Å². The maximum Gasteiger partial charge on any atom is 0.244 e. The van der Waals surface area contributed by atoms with Crippen molar-refractivity contribution >= 4 is 123 Å². The lowest BCUT2D eigenvalue weighted by Gasteiger charge is -2.34. The van der Waals surface area contributed by atoms with Gasteiger partial charge < -0.3 is 9.80 Å². The number of rotatable bonds is 10. The summed E-state index contributed by atoms with van der Waals surface area (Å²) in [5.74, 6) is -0.827. The molecule has 2 fully saturated rings. The van der Waals surface area contributed by atoms with Crippen molar-refractivity contribution in [1.82, 2.24) is 18.6 Å². The molecule has 0 unspecified atom stereocenters. The molecule has 2 aliphatic rings. The molecule has 0 N–H and O–H groups in total. The predicted octanol–water partition coefficient (Wildman–Crippen LogP) is 10.7. The number of thiazole rings is 2. The summed E-state index contributed by atoms with van der Waals surface area (Å²) in [5.41, 5.74) is 3.28. The van der Waals surface area contributed by atoms with Crippen molar-refractivity contribution in [2.75, 3.05) is 62.2 Å². The Morgan fingerprint density at radius 2 is 1.02 bits per heavy atom. The highest BCUT2D eigenvalue weighted by Gasteiger charge is 2.33. The van der Waals surface area contributed by atoms with Crippen molar-refractivity contribution in [3.8, 4) is 0 Å². The van der Waals surface area contributed by atoms with Crippen LogP contribution < -0.4 is 9.80 Å². The Bertz CT molecular complexity index is 2780. The molecule has 0 bridgehead atoms. The lowest BCUT2D eigenvalue weighted by molar-refractivity contribution is 0.384. The predicted molar refractivity (Wildman–Crippen MR) is 248 cm³/mol. The van der Waals surface area contributed by atoms with E-state index in [2.05, 4.69) is 14.9 Å². The van der Waals surface area contributed by atoms with E-state index in [-0.39, 0.29) is 40.7 Å². The molecule has 0 radical (unpaired) electrons. The van der Waals surface area contributed by atoms with E-state index in [1.54, 1.807) is 42.5 Å². The van der Waals surface area contributed by atoms with Crippen molar-refractivity contribution in [3.63, 3.8) is 0 Å². The third-order valence-corrected chi connectivity index (χ3v) is 18.0. The number of anilines is 2. The summed E-state index contributed by atoms with van der Waals surface area (Å²) in [4.78, 5) is 13.4. The van der Waals surface area contributed by atoms with Crippen LogP contribution in [0.5, 0.6) is 0 Å². The topological polar surface area (TPSA) is 107 Å². The second-order valence-corrected chi connectivity index (χ2v) is 21.9. The number of halogens is 8. The Morgan fingerprint density at radius 1 is 0.548 bits per heavy atom. The molecule has 0 amide bonds. The lowest BCUT2D eigenvalue weighted by Crippen LogP contribution is -2.48. The van der Waals surface area contributed by atoms with Crippen molar-refractivity contribution < 1.29 is 25.6 Å². The molecule has 0 aliphatic carbocycles. The Morgan fingerprint density at radius 3 is 1.47 bits per heavy atom. The molecule has 4 aromatic carbocycles. The second-order valence-electron chi connectivity index (χ2n) is 14.0. The van der Waals surface area contributed by atoms with Crippen LogP contribution in [-0.2, 0) is 32.9 Å². The van der Waals surface area contributed by atoms with Crippen LogP contribution in [0, 0.1) is 11.6 Å². The normalized spacial score (nSPS) is 15.4. The van der Waals surface area contributed by atoms with Crippen LogP contribution >= 0.6 is 92.3 Å². The number of nitrogens with zero attached hydrogens (tertiary/aromatic N) is 6. The van der Waals surface area contributed by atoms with Crippen molar-refractivity contribution in [2.45, 2.75) is 22.6 Å². The van der Waals surface area contributed by atoms with E-state index in [0.29, 0.717) is 70.2 Å². The van der Waals surface area contributed by atoms with Gasteiger partial charge in [-0.3, -0.25) is 0 Å². The summed E-state index contributed by atoms with van der Waals surface area (Å²) >= 11 is 38.9. The Labute approximate surface area is 396 Å². The van der Waals surface area contributed by atoms with Gasteiger partial charge in [-0.15, -0.1) is 22.7 Å².